The van der Waals surface area contributed by atoms with Crippen LogP contribution in [-0.4, -0.2) is 37.1 Å². The quantitative estimate of drug-likeness (QED) is 0.715. The Kier molecular flexibility index (Phi) is 4.79. The summed E-state index contributed by atoms with van der Waals surface area (Å²) in [7, 11) is -3.85. The Bertz CT molecular complexity index is 1130. The summed E-state index contributed by atoms with van der Waals surface area (Å²) in [6.07, 6.45) is 0.434. The number of halogens is 1. The number of nitrogens with one attached hydrogen (secondary N) is 2. The van der Waals surface area contributed by atoms with E-state index >= 15 is 0 Å². The van der Waals surface area contributed by atoms with Crippen molar-refractivity contribution >= 4 is 45.0 Å². The van der Waals surface area contributed by atoms with E-state index in [-0.39, 0.29) is 41.8 Å². The van der Waals surface area contributed by atoms with Crippen LogP contribution in [0.5, 0.6) is 0 Å². The number of nitrogens with zero attached hydrogens (tertiary/aromatic N) is 1. The molecule has 8 nitrogen and oxygen atoms in total. The van der Waals surface area contributed by atoms with Crippen molar-refractivity contribution in [1.82, 2.24) is 10.2 Å². The zero-order chi connectivity index (χ0) is 20.8. The van der Waals surface area contributed by atoms with Gasteiger partial charge in [-0.25, -0.2) is 8.42 Å². The average Bonchev–Trinajstić information content (AvgIpc) is 2.98. The van der Waals surface area contributed by atoms with Crippen molar-refractivity contribution in [3.8, 4) is 0 Å². The number of imide groups is 1. The summed E-state index contributed by atoms with van der Waals surface area (Å²) in [4.78, 5) is 37.7. The molecule has 0 radical (unpaired) electrons. The third-order valence-electron chi connectivity index (χ3n) is 4.90. The van der Waals surface area contributed by atoms with Crippen molar-refractivity contribution in [3.63, 3.8) is 0 Å². The van der Waals surface area contributed by atoms with E-state index in [1.165, 1.54) is 35.2 Å². The first-order valence-electron chi connectivity index (χ1n) is 8.80. The Morgan fingerprint density at radius 1 is 1.07 bits per heavy atom. The van der Waals surface area contributed by atoms with Crippen molar-refractivity contribution in [3.05, 3.63) is 58.6 Å². The molecule has 4 rings (SSSR count). The minimum absolute atomic E-state index is 0.0406. The third-order valence-corrected chi connectivity index (χ3v) is 6.55. The van der Waals surface area contributed by atoms with Crippen molar-refractivity contribution in [1.29, 1.82) is 0 Å². The van der Waals surface area contributed by atoms with Crippen LogP contribution in [0.3, 0.4) is 0 Å². The molecule has 0 aromatic heterocycles. The zero-order valence-corrected chi connectivity index (χ0v) is 16.6. The molecule has 0 saturated carbocycles. The van der Waals surface area contributed by atoms with Crippen LogP contribution in [0, 0.1) is 0 Å². The second-order valence-electron chi connectivity index (χ2n) is 6.83. The number of benzene rings is 2. The van der Waals surface area contributed by atoms with E-state index in [0.29, 0.717) is 16.1 Å². The fourth-order valence-electron chi connectivity index (χ4n) is 3.45. The molecule has 1 unspecified atom stereocenters. The second kappa shape index (κ2) is 7.16. The number of hydrogen-bond donors (Lipinski definition) is 2. The van der Waals surface area contributed by atoms with E-state index in [2.05, 4.69) is 10.0 Å². The third kappa shape index (κ3) is 3.70. The lowest BCUT2D eigenvalue weighted by molar-refractivity contribution is -0.136. The van der Waals surface area contributed by atoms with Gasteiger partial charge in [0.1, 0.15) is 6.04 Å². The van der Waals surface area contributed by atoms with Crippen LogP contribution >= 0.6 is 11.6 Å². The van der Waals surface area contributed by atoms with Gasteiger partial charge in [-0.15, -0.1) is 0 Å². The van der Waals surface area contributed by atoms with Crippen LogP contribution in [0.15, 0.2) is 47.4 Å². The zero-order valence-electron chi connectivity index (χ0n) is 15.0. The van der Waals surface area contributed by atoms with Gasteiger partial charge in [0, 0.05) is 29.2 Å². The van der Waals surface area contributed by atoms with Crippen molar-refractivity contribution in [2.24, 2.45) is 0 Å². The molecule has 10 heteroatoms. The van der Waals surface area contributed by atoms with Gasteiger partial charge in [0.15, 0.2) is 0 Å². The van der Waals surface area contributed by atoms with Crippen LogP contribution in [0.25, 0.3) is 0 Å². The largest absolute Gasteiger partial charge is 0.322 e. The average molecular weight is 434 g/mol. The van der Waals surface area contributed by atoms with Gasteiger partial charge >= 0.3 is 0 Å². The molecule has 2 aliphatic rings. The fraction of sp³-hybridized carbons (Fsp3) is 0.211. The minimum Gasteiger partial charge on any atom is -0.322 e. The van der Waals surface area contributed by atoms with Gasteiger partial charge in [-0.1, -0.05) is 17.7 Å². The number of anilines is 1. The first kappa shape index (κ1) is 19.4. The lowest BCUT2D eigenvalue weighted by Crippen LogP contribution is -2.52. The van der Waals surface area contributed by atoms with Gasteiger partial charge in [0.05, 0.1) is 4.90 Å². The number of hydrogen-bond acceptors (Lipinski definition) is 5. The minimum atomic E-state index is -3.85. The molecule has 29 heavy (non-hydrogen) atoms. The molecule has 0 bridgehead atoms. The van der Waals surface area contributed by atoms with Crippen LogP contribution < -0.4 is 10.0 Å². The normalized spacial score (nSPS) is 19.1. The molecule has 1 atom stereocenters. The number of fused-ring (bicyclic) bond motifs is 1. The fourth-order valence-corrected chi connectivity index (χ4v) is 4.62. The molecule has 1 fully saturated rings. The lowest BCUT2D eigenvalue weighted by atomic mass is 10.0. The molecule has 150 valence electrons. The number of amides is 3. The summed E-state index contributed by atoms with van der Waals surface area (Å²) in [5.74, 6) is -1.22. The number of carbonyl (C=O) groups is 3. The van der Waals surface area contributed by atoms with E-state index in [1.807, 2.05) is 0 Å². The summed E-state index contributed by atoms with van der Waals surface area (Å²) in [5.41, 5.74) is 1.25. The molecule has 2 heterocycles. The summed E-state index contributed by atoms with van der Waals surface area (Å²) >= 11 is 5.79. The van der Waals surface area contributed by atoms with Gasteiger partial charge in [0.25, 0.3) is 15.9 Å². The van der Waals surface area contributed by atoms with E-state index < -0.39 is 22.0 Å². The highest BCUT2D eigenvalue weighted by molar-refractivity contribution is 7.92. The van der Waals surface area contributed by atoms with Gasteiger partial charge in [-0.3, -0.25) is 24.4 Å². The van der Waals surface area contributed by atoms with Gasteiger partial charge in [-0.2, -0.15) is 0 Å². The standard InChI is InChI=1S/C19H16ClN3O5S/c20-12-2-5-14(6-3-12)29(27,28)22-13-4-1-11-10-23(19(26)15(11)9-13)16-7-8-17(24)21-18(16)25/h1-6,9,16,22H,7-8,10H2,(H,21,24,25). The Morgan fingerprint density at radius 3 is 2.48 bits per heavy atom. The first-order valence-corrected chi connectivity index (χ1v) is 10.7. The van der Waals surface area contributed by atoms with E-state index in [4.69, 9.17) is 11.6 Å². The highest BCUT2D eigenvalue weighted by atomic mass is 35.5. The van der Waals surface area contributed by atoms with E-state index in [0.717, 1.165) is 0 Å². The molecular formula is C19H16ClN3O5S. The molecular weight excluding hydrogens is 418 g/mol. The number of piperidine rings is 1. The van der Waals surface area contributed by atoms with Gasteiger partial charge in [0.2, 0.25) is 11.8 Å². The molecule has 3 amide bonds. The highest BCUT2D eigenvalue weighted by Crippen LogP contribution is 2.30. The molecule has 2 aromatic rings. The monoisotopic (exact) mass is 433 g/mol. The van der Waals surface area contributed by atoms with Crippen LogP contribution in [0.1, 0.15) is 28.8 Å². The Balaban J connectivity index is 1.56. The number of rotatable bonds is 4. The maximum atomic E-state index is 12.8. The molecule has 0 spiro atoms. The van der Waals surface area contributed by atoms with Gasteiger partial charge < -0.3 is 4.90 Å². The maximum Gasteiger partial charge on any atom is 0.261 e. The predicted octanol–water partition coefficient (Wildman–Crippen LogP) is 1.90. The van der Waals surface area contributed by atoms with Crippen LogP contribution in [0.4, 0.5) is 5.69 Å². The predicted molar refractivity (Wildman–Crippen MR) is 105 cm³/mol. The smallest absolute Gasteiger partial charge is 0.261 e. The number of sulfonamides is 1. The van der Waals surface area contributed by atoms with Crippen LogP contribution in [-0.2, 0) is 26.2 Å². The number of carbonyl (C=O) groups excluding carboxylic acids is 3. The SMILES string of the molecule is O=C1CCC(N2Cc3ccc(NS(=O)(=O)c4ccc(Cl)cc4)cc3C2=O)C(=O)N1. The summed E-state index contributed by atoms with van der Waals surface area (Å²) < 4.78 is 27.5. The molecule has 2 aliphatic heterocycles. The second-order valence-corrected chi connectivity index (χ2v) is 8.95. The summed E-state index contributed by atoms with van der Waals surface area (Å²) in [6, 6.07) is 9.66. The maximum absolute atomic E-state index is 12.8. The molecule has 0 aliphatic carbocycles. The summed E-state index contributed by atoms with van der Waals surface area (Å²) in [6.45, 7) is 0.227. The van der Waals surface area contributed by atoms with E-state index in [1.54, 1.807) is 12.1 Å². The topological polar surface area (TPSA) is 113 Å². The van der Waals surface area contributed by atoms with Crippen molar-refractivity contribution < 1.29 is 22.8 Å². The van der Waals surface area contributed by atoms with Crippen LogP contribution in [0.2, 0.25) is 5.02 Å². The van der Waals surface area contributed by atoms with Gasteiger partial charge in [-0.05, 0) is 48.4 Å². The summed E-state index contributed by atoms with van der Waals surface area (Å²) in [5, 5.41) is 2.66. The van der Waals surface area contributed by atoms with Crippen molar-refractivity contribution in [2.45, 2.75) is 30.3 Å². The molecule has 2 aromatic carbocycles. The molecule has 2 N–H and O–H groups in total. The Labute approximate surface area is 171 Å². The highest BCUT2D eigenvalue weighted by Gasteiger charge is 2.39. The Hall–Kier alpha value is -2.91. The lowest BCUT2D eigenvalue weighted by Gasteiger charge is -2.29. The van der Waals surface area contributed by atoms with E-state index in [9.17, 15) is 22.8 Å². The first-order chi connectivity index (χ1) is 13.7. The molecule has 1 saturated heterocycles. The Morgan fingerprint density at radius 2 is 1.79 bits per heavy atom. The van der Waals surface area contributed by atoms with Crippen molar-refractivity contribution in [2.75, 3.05) is 4.72 Å².